The summed E-state index contributed by atoms with van der Waals surface area (Å²) in [5, 5.41) is 0. The lowest BCUT2D eigenvalue weighted by Crippen LogP contribution is -2.50. The van der Waals surface area contributed by atoms with Crippen LogP contribution in [0.15, 0.2) is 18.3 Å². The van der Waals surface area contributed by atoms with Crippen molar-refractivity contribution in [3.8, 4) is 0 Å². The van der Waals surface area contributed by atoms with Gasteiger partial charge in [-0.25, -0.2) is 4.98 Å². The largest absolute Gasteiger partial charge is 0.396 e. The van der Waals surface area contributed by atoms with E-state index in [1.807, 2.05) is 18.3 Å². The number of hydrogen-bond acceptors (Lipinski definition) is 4. The lowest BCUT2D eigenvalue weighted by Gasteiger charge is -2.38. The van der Waals surface area contributed by atoms with E-state index < -0.39 is 0 Å². The summed E-state index contributed by atoms with van der Waals surface area (Å²) >= 11 is 0. The highest BCUT2D eigenvalue weighted by molar-refractivity contribution is 5.62. The summed E-state index contributed by atoms with van der Waals surface area (Å²) in [5.74, 6) is 0.945. The number of rotatable bonds is 4. The lowest BCUT2D eigenvalue weighted by molar-refractivity contribution is 0.187. The van der Waals surface area contributed by atoms with E-state index in [2.05, 4.69) is 28.6 Å². The van der Waals surface area contributed by atoms with Crippen molar-refractivity contribution in [2.45, 2.75) is 32.7 Å². The van der Waals surface area contributed by atoms with Crippen molar-refractivity contribution >= 4 is 11.5 Å². The molecule has 18 heavy (non-hydrogen) atoms. The summed E-state index contributed by atoms with van der Waals surface area (Å²) in [6.07, 6.45) is 4.36. The fraction of sp³-hybridized carbons (Fsp3) is 0.643. The van der Waals surface area contributed by atoms with Gasteiger partial charge in [0.1, 0.15) is 0 Å². The van der Waals surface area contributed by atoms with Crippen molar-refractivity contribution in [2.75, 3.05) is 36.8 Å². The average molecular weight is 248 g/mol. The predicted molar refractivity (Wildman–Crippen MR) is 76.8 cm³/mol. The van der Waals surface area contributed by atoms with Gasteiger partial charge in [-0.3, -0.25) is 4.90 Å². The third-order valence-corrected chi connectivity index (χ3v) is 3.76. The number of hydrogen-bond donors (Lipinski definition) is 1. The molecule has 0 bridgehead atoms. The molecule has 0 radical (unpaired) electrons. The monoisotopic (exact) mass is 248 g/mol. The van der Waals surface area contributed by atoms with Crippen LogP contribution in [0.4, 0.5) is 11.5 Å². The van der Waals surface area contributed by atoms with Gasteiger partial charge in [0.05, 0.1) is 5.69 Å². The first kappa shape index (κ1) is 13.1. The number of nitrogens with two attached hydrogens (primary N) is 1. The van der Waals surface area contributed by atoms with Gasteiger partial charge in [0, 0.05) is 38.4 Å². The molecule has 4 nitrogen and oxygen atoms in total. The van der Waals surface area contributed by atoms with E-state index in [1.165, 1.54) is 12.8 Å². The molecule has 1 aliphatic rings. The van der Waals surface area contributed by atoms with E-state index in [4.69, 9.17) is 5.73 Å². The third-order valence-electron chi connectivity index (χ3n) is 3.76. The lowest BCUT2D eigenvalue weighted by atomic mass is 10.1. The van der Waals surface area contributed by atoms with Gasteiger partial charge in [0.15, 0.2) is 5.82 Å². The Balaban J connectivity index is 1.93. The molecule has 0 spiro atoms. The molecule has 4 heteroatoms. The van der Waals surface area contributed by atoms with Crippen molar-refractivity contribution < 1.29 is 0 Å². The Bertz CT molecular complexity index is 372. The predicted octanol–water partition coefficient (Wildman–Crippen LogP) is 1.97. The molecule has 0 amide bonds. The van der Waals surface area contributed by atoms with Crippen LogP contribution in [0, 0.1) is 0 Å². The summed E-state index contributed by atoms with van der Waals surface area (Å²) in [6, 6.07) is 4.51. The molecule has 0 aromatic carbocycles. The number of anilines is 2. The Morgan fingerprint density at radius 1 is 1.33 bits per heavy atom. The van der Waals surface area contributed by atoms with Crippen molar-refractivity contribution in [3.05, 3.63) is 18.3 Å². The first-order valence-electron chi connectivity index (χ1n) is 6.92. The van der Waals surface area contributed by atoms with Crippen molar-refractivity contribution in [1.29, 1.82) is 0 Å². The fourth-order valence-corrected chi connectivity index (χ4v) is 2.65. The molecule has 0 aliphatic carbocycles. The molecular formula is C14H24N4. The number of piperazine rings is 1. The molecule has 1 aromatic heterocycles. The van der Waals surface area contributed by atoms with Gasteiger partial charge >= 0.3 is 0 Å². The minimum atomic E-state index is 0.693. The van der Waals surface area contributed by atoms with Crippen LogP contribution in [0.25, 0.3) is 0 Å². The summed E-state index contributed by atoms with van der Waals surface area (Å²) < 4.78 is 0. The summed E-state index contributed by atoms with van der Waals surface area (Å²) in [7, 11) is 0. The van der Waals surface area contributed by atoms with Crippen molar-refractivity contribution in [2.24, 2.45) is 0 Å². The van der Waals surface area contributed by atoms with Crippen LogP contribution in [0.3, 0.4) is 0 Å². The van der Waals surface area contributed by atoms with E-state index in [1.54, 1.807) is 0 Å². The van der Waals surface area contributed by atoms with Gasteiger partial charge in [-0.05, 0) is 25.5 Å². The maximum absolute atomic E-state index is 5.98. The van der Waals surface area contributed by atoms with Crippen LogP contribution in [0.5, 0.6) is 0 Å². The number of nitrogen functional groups attached to an aromatic ring is 1. The smallest absolute Gasteiger partial charge is 0.151 e. The summed E-state index contributed by atoms with van der Waals surface area (Å²) in [5.41, 5.74) is 6.76. The second kappa shape index (κ2) is 6.05. The van der Waals surface area contributed by atoms with E-state index in [-0.39, 0.29) is 0 Å². The second-order valence-electron chi connectivity index (χ2n) is 5.08. The quantitative estimate of drug-likeness (QED) is 0.885. The minimum Gasteiger partial charge on any atom is -0.396 e. The van der Waals surface area contributed by atoms with E-state index >= 15 is 0 Å². The standard InChI is InChI=1S/C14H24N4/c1-3-5-12(2)17-8-10-18(11-9-17)14-13(15)6-4-7-16-14/h4,6-7,12H,3,5,8-11,15H2,1-2H3. The summed E-state index contributed by atoms with van der Waals surface area (Å²) in [6.45, 7) is 8.84. The van der Waals surface area contributed by atoms with Crippen molar-refractivity contribution in [3.63, 3.8) is 0 Å². The first-order valence-corrected chi connectivity index (χ1v) is 6.92. The number of pyridine rings is 1. The highest BCUT2D eigenvalue weighted by atomic mass is 15.3. The van der Waals surface area contributed by atoms with Gasteiger partial charge in [0.25, 0.3) is 0 Å². The molecule has 100 valence electrons. The van der Waals surface area contributed by atoms with E-state index in [0.29, 0.717) is 6.04 Å². The zero-order chi connectivity index (χ0) is 13.0. The normalized spacial score (nSPS) is 18.9. The highest BCUT2D eigenvalue weighted by Crippen LogP contribution is 2.21. The van der Waals surface area contributed by atoms with Gasteiger partial charge in [-0.1, -0.05) is 13.3 Å². The average Bonchev–Trinajstić information content (AvgIpc) is 2.40. The fourth-order valence-electron chi connectivity index (χ4n) is 2.65. The molecule has 2 heterocycles. The van der Waals surface area contributed by atoms with Crippen LogP contribution in [-0.2, 0) is 0 Å². The van der Waals surface area contributed by atoms with Crippen LogP contribution in [0.1, 0.15) is 26.7 Å². The third kappa shape index (κ3) is 2.93. The molecule has 2 rings (SSSR count). The molecule has 1 saturated heterocycles. The molecule has 2 N–H and O–H groups in total. The number of aromatic nitrogens is 1. The molecule has 0 saturated carbocycles. The van der Waals surface area contributed by atoms with Crippen LogP contribution in [-0.4, -0.2) is 42.1 Å². The van der Waals surface area contributed by atoms with E-state index in [9.17, 15) is 0 Å². The van der Waals surface area contributed by atoms with Crippen LogP contribution < -0.4 is 10.6 Å². The summed E-state index contributed by atoms with van der Waals surface area (Å²) in [4.78, 5) is 9.26. The van der Waals surface area contributed by atoms with Gasteiger partial charge in [0.2, 0.25) is 0 Å². The molecule has 1 aromatic rings. The maximum atomic E-state index is 5.98. The van der Waals surface area contributed by atoms with Crippen LogP contribution >= 0.6 is 0 Å². The molecule has 1 unspecified atom stereocenters. The Morgan fingerprint density at radius 3 is 2.67 bits per heavy atom. The number of nitrogens with zero attached hydrogens (tertiary/aromatic N) is 3. The second-order valence-corrected chi connectivity index (χ2v) is 5.08. The molecule has 1 aliphatic heterocycles. The molecular weight excluding hydrogens is 224 g/mol. The first-order chi connectivity index (χ1) is 8.72. The van der Waals surface area contributed by atoms with Crippen LogP contribution in [0.2, 0.25) is 0 Å². The molecule has 1 fully saturated rings. The van der Waals surface area contributed by atoms with Gasteiger partial charge in [-0.15, -0.1) is 0 Å². The van der Waals surface area contributed by atoms with E-state index in [0.717, 1.165) is 37.7 Å². The zero-order valence-corrected chi connectivity index (χ0v) is 11.5. The van der Waals surface area contributed by atoms with Crippen molar-refractivity contribution in [1.82, 2.24) is 9.88 Å². The van der Waals surface area contributed by atoms with Gasteiger partial charge < -0.3 is 10.6 Å². The molecule has 1 atom stereocenters. The topological polar surface area (TPSA) is 45.4 Å². The zero-order valence-electron chi connectivity index (χ0n) is 11.5. The Kier molecular flexibility index (Phi) is 4.42. The minimum absolute atomic E-state index is 0.693. The Labute approximate surface area is 110 Å². The Morgan fingerprint density at radius 2 is 2.06 bits per heavy atom. The van der Waals surface area contributed by atoms with Gasteiger partial charge in [-0.2, -0.15) is 0 Å². The SMILES string of the molecule is CCCC(C)N1CCN(c2ncccc2N)CC1. The highest BCUT2D eigenvalue weighted by Gasteiger charge is 2.22. The maximum Gasteiger partial charge on any atom is 0.151 e. The Hall–Kier alpha value is -1.29.